The molecular weight excluding hydrogens is 180 g/mol. The van der Waals surface area contributed by atoms with Crippen molar-refractivity contribution in [3.05, 3.63) is 23.3 Å². The van der Waals surface area contributed by atoms with Gasteiger partial charge in [-0.3, -0.25) is 0 Å². The first-order valence-corrected chi connectivity index (χ1v) is 4.82. The second-order valence-electron chi connectivity index (χ2n) is 4.06. The Morgan fingerprint density at radius 3 is 2.79 bits per heavy atom. The molecule has 1 aliphatic heterocycles. The molecule has 3 heteroatoms. The first-order valence-electron chi connectivity index (χ1n) is 4.82. The van der Waals surface area contributed by atoms with Crippen LogP contribution in [0.2, 0.25) is 0 Å². The molecule has 3 nitrogen and oxygen atoms in total. The molecular formula is C11H12O3. The average molecular weight is 192 g/mol. The number of fused-ring (bicyclic) bond motifs is 1. The molecule has 1 aromatic rings. The van der Waals surface area contributed by atoms with E-state index in [-0.39, 0.29) is 6.79 Å². The minimum Gasteiger partial charge on any atom is -0.454 e. The molecule has 0 amide bonds. The van der Waals surface area contributed by atoms with Gasteiger partial charge in [-0.25, -0.2) is 0 Å². The molecule has 0 radical (unpaired) electrons. The lowest BCUT2D eigenvalue weighted by atomic mass is 10.0. The molecule has 0 bridgehead atoms. The van der Waals surface area contributed by atoms with E-state index in [1.165, 1.54) is 0 Å². The normalized spacial score (nSPS) is 21.0. The molecule has 74 valence electrons. The van der Waals surface area contributed by atoms with Gasteiger partial charge in [0.15, 0.2) is 11.5 Å². The molecule has 1 N–H and O–H groups in total. The molecule has 1 aromatic carbocycles. The van der Waals surface area contributed by atoms with Crippen LogP contribution in [0.5, 0.6) is 11.5 Å². The van der Waals surface area contributed by atoms with Gasteiger partial charge in [0.05, 0.1) is 5.60 Å². The van der Waals surface area contributed by atoms with Crippen LogP contribution in [0.1, 0.15) is 24.0 Å². The Morgan fingerprint density at radius 1 is 1.29 bits per heavy atom. The van der Waals surface area contributed by atoms with Gasteiger partial charge in [0, 0.05) is 0 Å². The van der Waals surface area contributed by atoms with Crippen molar-refractivity contribution in [1.29, 1.82) is 0 Å². The average Bonchev–Trinajstić information content (AvgIpc) is 2.75. The Hall–Kier alpha value is -1.22. The van der Waals surface area contributed by atoms with E-state index in [4.69, 9.17) is 9.47 Å². The molecule has 0 saturated heterocycles. The van der Waals surface area contributed by atoms with Crippen LogP contribution in [-0.2, 0) is 5.60 Å². The number of benzene rings is 1. The van der Waals surface area contributed by atoms with Gasteiger partial charge in [0.25, 0.3) is 0 Å². The fourth-order valence-electron chi connectivity index (χ4n) is 1.86. The van der Waals surface area contributed by atoms with Gasteiger partial charge in [-0.2, -0.15) is 0 Å². The summed E-state index contributed by atoms with van der Waals surface area (Å²) < 4.78 is 10.6. The van der Waals surface area contributed by atoms with E-state index in [9.17, 15) is 5.11 Å². The predicted octanol–water partition coefficient (Wildman–Crippen LogP) is 1.71. The van der Waals surface area contributed by atoms with Gasteiger partial charge in [0.1, 0.15) is 0 Å². The molecule has 2 aliphatic rings. The van der Waals surface area contributed by atoms with Crippen molar-refractivity contribution < 1.29 is 14.6 Å². The van der Waals surface area contributed by atoms with E-state index < -0.39 is 5.60 Å². The van der Waals surface area contributed by atoms with E-state index in [0.29, 0.717) is 0 Å². The molecule has 14 heavy (non-hydrogen) atoms. The smallest absolute Gasteiger partial charge is 0.231 e. The summed E-state index contributed by atoms with van der Waals surface area (Å²) in [6.07, 6.45) is 1.71. The van der Waals surface area contributed by atoms with Gasteiger partial charge < -0.3 is 14.6 Å². The zero-order chi connectivity index (χ0) is 9.76. The van der Waals surface area contributed by atoms with E-state index in [1.807, 2.05) is 19.1 Å². The van der Waals surface area contributed by atoms with Crippen LogP contribution in [0, 0.1) is 6.92 Å². The quantitative estimate of drug-likeness (QED) is 0.736. The van der Waals surface area contributed by atoms with Crippen LogP contribution in [0.4, 0.5) is 0 Å². The fraction of sp³-hybridized carbons (Fsp3) is 0.455. The van der Waals surface area contributed by atoms with Gasteiger partial charge in [-0.15, -0.1) is 0 Å². The molecule has 1 fully saturated rings. The highest BCUT2D eigenvalue weighted by Gasteiger charge is 2.43. The third-order valence-electron chi connectivity index (χ3n) is 2.92. The van der Waals surface area contributed by atoms with E-state index in [0.717, 1.165) is 35.5 Å². The third-order valence-corrected chi connectivity index (χ3v) is 2.92. The fourth-order valence-corrected chi connectivity index (χ4v) is 1.86. The molecule has 3 rings (SSSR count). The Balaban J connectivity index is 2.12. The van der Waals surface area contributed by atoms with Gasteiger partial charge in [0.2, 0.25) is 6.79 Å². The Morgan fingerprint density at radius 2 is 2.07 bits per heavy atom. The van der Waals surface area contributed by atoms with Crippen LogP contribution < -0.4 is 9.47 Å². The monoisotopic (exact) mass is 192 g/mol. The highest BCUT2D eigenvalue weighted by atomic mass is 16.7. The van der Waals surface area contributed by atoms with Crippen molar-refractivity contribution in [2.75, 3.05) is 6.79 Å². The first-order chi connectivity index (χ1) is 6.69. The topological polar surface area (TPSA) is 38.7 Å². The van der Waals surface area contributed by atoms with E-state index in [2.05, 4.69) is 0 Å². The van der Waals surface area contributed by atoms with Gasteiger partial charge in [-0.05, 0) is 43.0 Å². The standard InChI is InChI=1S/C11H12O3/c1-7-4-8(11(12)2-3-11)5-9-10(7)14-6-13-9/h4-5,12H,2-3,6H2,1H3. The number of hydrogen-bond donors (Lipinski definition) is 1. The lowest BCUT2D eigenvalue weighted by Crippen LogP contribution is -2.04. The maximum absolute atomic E-state index is 9.96. The number of rotatable bonds is 1. The minimum absolute atomic E-state index is 0.290. The van der Waals surface area contributed by atoms with Crippen LogP contribution in [-0.4, -0.2) is 11.9 Å². The maximum Gasteiger partial charge on any atom is 0.231 e. The number of hydrogen-bond acceptors (Lipinski definition) is 3. The second kappa shape index (κ2) is 2.42. The molecule has 1 heterocycles. The number of aliphatic hydroxyl groups is 1. The lowest BCUT2D eigenvalue weighted by Gasteiger charge is -2.10. The zero-order valence-electron chi connectivity index (χ0n) is 8.04. The number of ether oxygens (including phenoxy) is 2. The Labute approximate surface area is 82.3 Å². The summed E-state index contributed by atoms with van der Waals surface area (Å²) in [4.78, 5) is 0. The highest BCUT2D eigenvalue weighted by Crippen LogP contribution is 2.48. The zero-order valence-corrected chi connectivity index (χ0v) is 8.04. The van der Waals surface area contributed by atoms with Gasteiger partial charge in [-0.1, -0.05) is 0 Å². The summed E-state index contributed by atoms with van der Waals surface area (Å²) in [5, 5.41) is 9.96. The molecule has 0 aromatic heterocycles. The molecule has 1 aliphatic carbocycles. The predicted molar refractivity (Wildman–Crippen MR) is 50.4 cm³/mol. The molecule has 1 saturated carbocycles. The maximum atomic E-state index is 9.96. The van der Waals surface area contributed by atoms with Crippen LogP contribution in [0.25, 0.3) is 0 Å². The Bertz CT molecular complexity index is 394. The van der Waals surface area contributed by atoms with Crippen molar-refractivity contribution in [3.8, 4) is 11.5 Å². The molecule has 0 atom stereocenters. The second-order valence-corrected chi connectivity index (χ2v) is 4.06. The summed E-state index contributed by atoms with van der Waals surface area (Å²) in [7, 11) is 0. The molecule has 0 unspecified atom stereocenters. The highest BCUT2D eigenvalue weighted by molar-refractivity contribution is 5.52. The largest absolute Gasteiger partial charge is 0.454 e. The third kappa shape index (κ3) is 1.02. The van der Waals surface area contributed by atoms with Crippen LogP contribution >= 0.6 is 0 Å². The van der Waals surface area contributed by atoms with Crippen LogP contribution in [0.15, 0.2) is 12.1 Å². The van der Waals surface area contributed by atoms with Crippen molar-refractivity contribution in [1.82, 2.24) is 0 Å². The van der Waals surface area contributed by atoms with E-state index in [1.54, 1.807) is 0 Å². The first kappa shape index (κ1) is 8.12. The summed E-state index contributed by atoms with van der Waals surface area (Å²) in [6.45, 7) is 2.26. The summed E-state index contributed by atoms with van der Waals surface area (Å²) >= 11 is 0. The minimum atomic E-state index is -0.592. The van der Waals surface area contributed by atoms with Crippen LogP contribution in [0.3, 0.4) is 0 Å². The summed E-state index contributed by atoms with van der Waals surface area (Å²) in [5.74, 6) is 1.58. The Kier molecular flexibility index (Phi) is 1.40. The van der Waals surface area contributed by atoms with Gasteiger partial charge >= 0.3 is 0 Å². The SMILES string of the molecule is Cc1cc(C2(O)CC2)cc2c1OCO2. The summed E-state index contributed by atoms with van der Waals surface area (Å²) in [5.41, 5.74) is 1.40. The summed E-state index contributed by atoms with van der Waals surface area (Å²) in [6, 6.07) is 3.88. The van der Waals surface area contributed by atoms with Crippen molar-refractivity contribution in [3.63, 3.8) is 0 Å². The lowest BCUT2D eigenvalue weighted by molar-refractivity contribution is 0.150. The number of aryl methyl sites for hydroxylation is 1. The van der Waals surface area contributed by atoms with Crippen molar-refractivity contribution >= 4 is 0 Å². The van der Waals surface area contributed by atoms with Crippen molar-refractivity contribution in [2.45, 2.75) is 25.4 Å². The van der Waals surface area contributed by atoms with Crippen molar-refractivity contribution in [2.24, 2.45) is 0 Å². The van der Waals surface area contributed by atoms with E-state index >= 15 is 0 Å². The molecule has 0 spiro atoms.